The summed E-state index contributed by atoms with van der Waals surface area (Å²) in [7, 11) is 0. The number of hydrogen-bond donors (Lipinski definition) is 1. The van der Waals surface area contributed by atoms with Crippen molar-refractivity contribution < 1.29 is 13.9 Å². The van der Waals surface area contributed by atoms with E-state index in [1.165, 1.54) is 30.5 Å². The number of para-hydroxylation sites is 1. The summed E-state index contributed by atoms with van der Waals surface area (Å²) in [6.07, 6.45) is 0.724. The Bertz CT molecular complexity index is 837. The van der Waals surface area contributed by atoms with Gasteiger partial charge in [-0.05, 0) is 30.3 Å². The maximum Gasteiger partial charge on any atom is 0.417 e. The second-order valence-electron chi connectivity index (χ2n) is 4.47. The highest BCUT2D eigenvalue weighted by Gasteiger charge is 2.11. The summed E-state index contributed by atoms with van der Waals surface area (Å²) in [6, 6.07) is 12.4. The van der Waals surface area contributed by atoms with E-state index in [9.17, 15) is 9.18 Å². The first-order valence-electron chi connectivity index (χ1n) is 6.41. The molecule has 0 saturated carbocycles. The summed E-state index contributed by atoms with van der Waals surface area (Å²) in [5, 5.41) is 3.62. The van der Waals surface area contributed by atoms with Crippen LogP contribution in [0.4, 0.5) is 14.9 Å². The van der Waals surface area contributed by atoms with Gasteiger partial charge in [0.2, 0.25) is 0 Å². The third-order valence-electron chi connectivity index (χ3n) is 2.97. The minimum Gasteiger partial charge on any atom is -0.410 e. The molecule has 0 saturated heterocycles. The van der Waals surface area contributed by atoms with E-state index in [-0.39, 0.29) is 5.75 Å². The monoisotopic (exact) mass is 316 g/mol. The smallest absolute Gasteiger partial charge is 0.410 e. The van der Waals surface area contributed by atoms with Crippen molar-refractivity contribution in [2.45, 2.75) is 0 Å². The van der Waals surface area contributed by atoms with Gasteiger partial charge in [-0.1, -0.05) is 29.8 Å². The number of fused-ring (bicyclic) bond motifs is 1. The Labute approximate surface area is 130 Å². The molecule has 1 heterocycles. The fourth-order valence-corrected chi connectivity index (χ4v) is 2.20. The van der Waals surface area contributed by atoms with Gasteiger partial charge in [0.15, 0.2) is 0 Å². The van der Waals surface area contributed by atoms with E-state index < -0.39 is 11.9 Å². The Hall–Kier alpha value is -2.66. The zero-order chi connectivity index (χ0) is 15.5. The topological polar surface area (TPSA) is 51.2 Å². The number of nitrogens with zero attached hydrogens (tertiary/aromatic N) is 1. The fourth-order valence-electron chi connectivity index (χ4n) is 1.94. The van der Waals surface area contributed by atoms with Crippen LogP contribution in [-0.4, -0.2) is 11.1 Å². The van der Waals surface area contributed by atoms with Gasteiger partial charge >= 0.3 is 6.09 Å². The molecule has 0 bridgehead atoms. The van der Waals surface area contributed by atoms with Crippen LogP contribution in [0.2, 0.25) is 5.02 Å². The average Bonchev–Trinajstić information content (AvgIpc) is 2.53. The number of carbonyl (C=O) groups is 1. The SMILES string of the molecule is O=C(Nc1cnc2ccccc2c1Cl)Oc1ccc(F)cc1. The van der Waals surface area contributed by atoms with Crippen molar-refractivity contribution >= 4 is 34.3 Å². The Morgan fingerprint density at radius 2 is 1.86 bits per heavy atom. The van der Waals surface area contributed by atoms with Crippen LogP contribution in [-0.2, 0) is 0 Å². The van der Waals surface area contributed by atoms with Crippen LogP contribution in [0.15, 0.2) is 54.7 Å². The van der Waals surface area contributed by atoms with E-state index in [1.807, 2.05) is 18.2 Å². The summed E-state index contributed by atoms with van der Waals surface area (Å²) < 4.78 is 17.8. The van der Waals surface area contributed by atoms with Crippen LogP contribution >= 0.6 is 11.6 Å². The van der Waals surface area contributed by atoms with Crippen LogP contribution in [0.25, 0.3) is 10.9 Å². The van der Waals surface area contributed by atoms with Crippen LogP contribution in [0.1, 0.15) is 0 Å². The fraction of sp³-hybridized carbons (Fsp3) is 0. The lowest BCUT2D eigenvalue weighted by Gasteiger charge is -2.09. The highest BCUT2D eigenvalue weighted by atomic mass is 35.5. The number of halogens is 2. The number of benzene rings is 2. The number of amides is 1. The van der Waals surface area contributed by atoms with Gasteiger partial charge < -0.3 is 4.74 Å². The van der Waals surface area contributed by atoms with E-state index in [0.717, 1.165) is 10.9 Å². The molecule has 0 spiro atoms. The number of carbonyl (C=O) groups excluding carboxylic acids is 1. The maximum absolute atomic E-state index is 12.8. The molecule has 4 nitrogen and oxygen atoms in total. The second-order valence-corrected chi connectivity index (χ2v) is 4.85. The van der Waals surface area contributed by atoms with Gasteiger partial charge in [0, 0.05) is 5.39 Å². The molecule has 6 heteroatoms. The van der Waals surface area contributed by atoms with E-state index in [1.54, 1.807) is 6.07 Å². The first kappa shape index (κ1) is 14.3. The number of aromatic nitrogens is 1. The quantitative estimate of drug-likeness (QED) is 0.749. The highest BCUT2D eigenvalue weighted by Crippen LogP contribution is 2.29. The third-order valence-corrected chi connectivity index (χ3v) is 3.38. The van der Waals surface area contributed by atoms with Crippen molar-refractivity contribution in [3.05, 3.63) is 65.6 Å². The first-order valence-corrected chi connectivity index (χ1v) is 6.79. The van der Waals surface area contributed by atoms with E-state index in [0.29, 0.717) is 10.7 Å². The zero-order valence-electron chi connectivity index (χ0n) is 11.2. The molecule has 0 radical (unpaired) electrons. The summed E-state index contributed by atoms with van der Waals surface area (Å²) in [6.45, 7) is 0. The first-order chi connectivity index (χ1) is 10.6. The molecule has 0 aliphatic rings. The van der Waals surface area contributed by atoms with Gasteiger partial charge in [-0.3, -0.25) is 10.3 Å². The lowest BCUT2D eigenvalue weighted by atomic mass is 10.2. The minimum absolute atomic E-state index is 0.226. The molecule has 0 unspecified atom stereocenters. The highest BCUT2D eigenvalue weighted by molar-refractivity contribution is 6.38. The van der Waals surface area contributed by atoms with Gasteiger partial charge in [0.05, 0.1) is 22.4 Å². The predicted molar refractivity (Wildman–Crippen MR) is 82.8 cm³/mol. The van der Waals surface area contributed by atoms with Crippen molar-refractivity contribution in [3.8, 4) is 5.75 Å². The van der Waals surface area contributed by atoms with Crippen molar-refractivity contribution in [1.82, 2.24) is 4.98 Å². The van der Waals surface area contributed by atoms with Crippen molar-refractivity contribution in [2.24, 2.45) is 0 Å². The number of anilines is 1. The molecular formula is C16H10ClFN2O2. The van der Waals surface area contributed by atoms with E-state index >= 15 is 0 Å². The molecule has 110 valence electrons. The molecule has 0 aliphatic carbocycles. The zero-order valence-corrected chi connectivity index (χ0v) is 12.0. The molecular weight excluding hydrogens is 307 g/mol. The minimum atomic E-state index is -0.731. The van der Waals surface area contributed by atoms with Gasteiger partial charge in [-0.15, -0.1) is 0 Å². The van der Waals surface area contributed by atoms with Crippen molar-refractivity contribution in [3.63, 3.8) is 0 Å². The Morgan fingerprint density at radius 3 is 2.64 bits per heavy atom. The van der Waals surface area contributed by atoms with E-state index in [4.69, 9.17) is 16.3 Å². The van der Waals surface area contributed by atoms with Gasteiger partial charge in [-0.25, -0.2) is 9.18 Å². The van der Waals surface area contributed by atoms with Crippen LogP contribution in [0.3, 0.4) is 0 Å². The van der Waals surface area contributed by atoms with Crippen molar-refractivity contribution in [2.75, 3.05) is 5.32 Å². The second kappa shape index (κ2) is 5.99. The molecule has 22 heavy (non-hydrogen) atoms. The van der Waals surface area contributed by atoms with Gasteiger partial charge in [-0.2, -0.15) is 0 Å². The molecule has 0 fully saturated rings. The van der Waals surface area contributed by atoms with Crippen molar-refractivity contribution in [1.29, 1.82) is 0 Å². The lowest BCUT2D eigenvalue weighted by molar-refractivity contribution is 0.215. The molecule has 1 N–H and O–H groups in total. The maximum atomic E-state index is 12.8. The normalized spacial score (nSPS) is 10.5. The summed E-state index contributed by atoms with van der Waals surface area (Å²) in [4.78, 5) is 16.1. The third kappa shape index (κ3) is 2.99. The predicted octanol–water partition coefficient (Wildman–Crippen LogP) is 4.64. The summed E-state index contributed by atoms with van der Waals surface area (Å²) in [5.41, 5.74) is 1.07. The largest absolute Gasteiger partial charge is 0.417 e. The lowest BCUT2D eigenvalue weighted by Crippen LogP contribution is -2.17. The number of hydrogen-bond acceptors (Lipinski definition) is 3. The standard InChI is InChI=1S/C16H10ClFN2O2/c17-15-12-3-1-2-4-13(12)19-9-14(15)20-16(21)22-11-7-5-10(18)6-8-11/h1-9H,(H,20,21). The molecule has 3 rings (SSSR count). The Balaban J connectivity index is 1.79. The molecule has 1 amide bonds. The Morgan fingerprint density at radius 1 is 1.14 bits per heavy atom. The molecule has 2 aromatic carbocycles. The summed E-state index contributed by atoms with van der Waals surface area (Å²) in [5.74, 6) is -0.182. The summed E-state index contributed by atoms with van der Waals surface area (Å²) >= 11 is 6.25. The van der Waals surface area contributed by atoms with Crippen LogP contribution in [0, 0.1) is 5.82 Å². The Kier molecular flexibility index (Phi) is 3.89. The van der Waals surface area contributed by atoms with Gasteiger partial charge in [0.25, 0.3) is 0 Å². The number of rotatable bonds is 2. The molecule has 0 aliphatic heterocycles. The van der Waals surface area contributed by atoms with E-state index in [2.05, 4.69) is 10.3 Å². The molecule has 0 atom stereocenters. The number of ether oxygens (including phenoxy) is 1. The van der Waals surface area contributed by atoms with Crippen LogP contribution in [0.5, 0.6) is 5.75 Å². The molecule has 1 aromatic heterocycles. The molecule has 3 aromatic rings. The number of nitrogens with one attached hydrogen (secondary N) is 1. The van der Waals surface area contributed by atoms with Crippen LogP contribution < -0.4 is 10.1 Å². The van der Waals surface area contributed by atoms with Gasteiger partial charge in [0.1, 0.15) is 11.6 Å². The average molecular weight is 317 g/mol. The number of pyridine rings is 1.